The number of rotatable bonds is 9. The average molecular weight is 456 g/mol. The summed E-state index contributed by atoms with van der Waals surface area (Å²) >= 11 is 0. The van der Waals surface area contributed by atoms with E-state index in [0.29, 0.717) is 37.2 Å². The highest BCUT2D eigenvalue weighted by Crippen LogP contribution is 2.28. The Kier molecular flexibility index (Phi) is 7.08. The molecule has 0 radical (unpaired) electrons. The van der Waals surface area contributed by atoms with E-state index in [4.69, 9.17) is 0 Å². The molecule has 0 saturated carbocycles. The fourth-order valence-electron chi connectivity index (χ4n) is 4.21. The number of hydrogen-bond acceptors (Lipinski definition) is 5. The minimum Gasteiger partial charge on any atom is -0.382 e. The second kappa shape index (κ2) is 10.2. The Balaban J connectivity index is 1.25. The summed E-state index contributed by atoms with van der Waals surface area (Å²) in [5.41, 5.74) is 2.75. The van der Waals surface area contributed by atoms with Crippen LogP contribution in [0.5, 0.6) is 0 Å². The molecule has 2 aliphatic rings. The van der Waals surface area contributed by atoms with Gasteiger partial charge in [-0.2, -0.15) is 14.0 Å². The van der Waals surface area contributed by atoms with Crippen molar-refractivity contribution < 1.29 is 18.7 Å². The molecule has 33 heavy (non-hydrogen) atoms. The number of halogens is 2. The van der Waals surface area contributed by atoms with Crippen LogP contribution in [0.3, 0.4) is 0 Å². The van der Waals surface area contributed by atoms with Crippen molar-refractivity contribution in [3.8, 4) is 11.4 Å². The Labute approximate surface area is 190 Å². The van der Waals surface area contributed by atoms with Gasteiger partial charge in [-0.1, -0.05) is 36.4 Å². The molecule has 2 heterocycles. The van der Waals surface area contributed by atoms with Crippen LogP contribution < -0.4 is 0 Å². The van der Waals surface area contributed by atoms with Crippen molar-refractivity contribution in [2.75, 3.05) is 6.54 Å². The molecular weight excluding hydrogens is 428 g/mol. The van der Waals surface area contributed by atoms with E-state index in [1.54, 1.807) is 0 Å². The Morgan fingerprint density at radius 1 is 1.30 bits per heavy atom. The van der Waals surface area contributed by atoms with E-state index in [1.165, 1.54) is 12.2 Å². The number of aliphatic hydroxyl groups is 1. The molecule has 4 rings (SSSR count). The third kappa shape index (κ3) is 5.78. The molecule has 0 spiro atoms. The third-order valence-corrected chi connectivity index (χ3v) is 6.01. The molecule has 2 atom stereocenters. The SMILES string of the molecule is O=C1CC[C@H](/C=C/CCC2=CC(O)C(F)(F)C=C2)N1CCCc1cccc(-c2nn[nH]n2)c1. The number of nitrogens with zero attached hydrogens (tertiary/aromatic N) is 4. The maximum atomic E-state index is 13.3. The van der Waals surface area contributed by atoms with Gasteiger partial charge in [0.25, 0.3) is 5.92 Å². The monoisotopic (exact) mass is 455 g/mol. The van der Waals surface area contributed by atoms with Crippen LogP contribution in [-0.4, -0.2) is 61.2 Å². The molecule has 174 valence electrons. The molecular formula is C24H27F2N5O2. The van der Waals surface area contributed by atoms with E-state index in [0.717, 1.165) is 36.5 Å². The summed E-state index contributed by atoms with van der Waals surface area (Å²) in [7, 11) is 0. The quantitative estimate of drug-likeness (QED) is 0.563. The van der Waals surface area contributed by atoms with Crippen molar-refractivity contribution in [1.82, 2.24) is 25.5 Å². The number of carbonyl (C=O) groups excluding carboxylic acids is 1. The van der Waals surface area contributed by atoms with Crippen LogP contribution in [0.15, 0.2) is 60.2 Å². The van der Waals surface area contributed by atoms with Crippen LogP contribution in [-0.2, 0) is 11.2 Å². The zero-order valence-electron chi connectivity index (χ0n) is 18.2. The van der Waals surface area contributed by atoms with Gasteiger partial charge in [0.05, 0.1) is 6.04 Å². The molecule has 9 heteroatoms. The van der Waals surface area contributed by atoms with Gasteiger partial charge in [0.2, 0.25) is 11.7 Å². The molecule has 1 fully saturated rings. The molecule has 1 aromatic carbocycles. The summed E-state index contributed by atoms with van der Waals surface area (Å²) in [6.45, 7) is 0.676. The van der Waals surface area contributed by atoms with Crippen LogP contribution in [0.4, 0.5) is 8.78 Å². The van der Waals surface area contributed by atoms with Gasteiger partial charge >= 0.3 is 0 Å². The normalized spacial score (nSPS) is 22.3. The summed E-state index contributed by atoms with van der Waals surface area (Å²) in [5, 5.41) is 23.5. The van der Waals surface area contributed by atoms with Crippen LogP contribution >= 0.6 is 0 Å². The van der Waals surface area contributed by atoms with Gasteiger partial charge in [-0.15, -0.1) is 10.2 Å². The number of aliphatic hydroxyl groups excluding tert-OH is 1. The fourth-order valence-corrected chi connectivity index (χ4v) is 4.21. The highest BCUT2D eigenvalue weighted by molar-refractivity contribution is 5.79. The van der Waals surface area contributed by atoms with Gasteiger partial charge < -0.3 is 10.0 Å². The number of aromatic amines is 1. The van der Waals surface area contributed by atoms with E-state index in [-0.39, 0.29) is 11.9 Å². The highest BCUT2D eigenvalue weighted by atomic mass is 19.3. The van der Waals surface area contributed by atoms with E-state index in [2.05, 4.69) is 20.6 Å². The lowest BCUT2D eigenvalue weighted by Gasteiger charge is -2.22. The highest BCUT2D eigenvalue weighted by Gasteiger charge is 2.36. The topological polar surface area (TPSA) is 95.0 Å². The first-order valence-corrected chi connectivity index (χ1v) is 11.2. The minimum atomic E-state index is -3.20. The predicted octanol–water partition coefficient (Wildman–Crippen LogP) is 3.62. The molecule has 1 aliphatic heterocycles. The number of H-pyrrole nitrogens is 1. The molecule has 1 amide bonds. The number of alkyl halides is 2. The number of amides is 1. The third-order valence-electron chi connectivity index (χ3n) is 6.01. The number of allylic oxidation sites excluding steroid dienone is 3. The number of likely N-dealkylation sites (tertiary alicyclic amines) is 1. The summed E-state index contributed by atoms with van der Waals surface area (Å²) in [6.07, 6.45) is 9.85. The number of carbonyl (C=O) groups is 1. The summed E-state index contributed by atoms with van der Waals surface area (Å²) in [6, 6.07) is 8.05. The number of aromatic nitrogens is 4. The van der Waals surface area contributed by atoms with Gasteiger partial charge in [-0.25, -0.2) is 0 Å². The van der Waals surface area contributed by atoms with Crippen LogP contribution in [0.2, 0.25) is 0 Å². The smallest absolute Gasteiger partial charge is 0.295 e. The van der Waals surface area contributed by atoms with Gasteiger partial charge in [-0.3, -0.25) is 4.79 Å². The van der Waals surface area contributed by atoms with Crippen LogP contribution in [0, 0.1) is 0 Å². The van der Waals surface area contributed by atoms with Gasteiger partial charge in [0.15, 0.2) is 0 Å². The lowest BCUT2D eigenvalue weighted by molar-refractivity contribution is -0.128. The molecule has 2 N–H and O–H groups in total. The largest absolute Gasteiger partial charge is 0.382 e. The number of hydrogen-bond donors (Lipinski definition) is 2. The van der Waals surface area contributed by atoms with Crippen molar-refractivity contribution in [1.29, 1.82) is 0 Å². The van der Waals surface area contributed by atoms with Crippen molar-refractivity contribution in [2.45, 2.75) is 56.6 Å². The van der Waals surface area contributed by atoms with Crippen LogP contribution in [0.25, 0.3) is 11.4 Å². The number of nitrogens with one attached hydrogen (secondary N) is 1. The average Bonchev–Trinajstić information content (AvgIpc) is 3.45. The van der Waals surface area contributed by atoms with Crippen molar-refractivity contribution in [2.24, 2.45) is 0 Å². The zero-order valence-corrected chi connectivity index (χ0v) is 18.2. The number of benzene rings is 1. The summed E-state index contributed by atoms with van der Waals surface area (Å²) in [5.74, 6) is -2.48. The van der Waals surface area contributed by atoms with Crippen molar-refractivity contribution in [3.05, 3.63) is 65.8 Å². The maximum Gasteiger partial charge on any atom is 0.295 e. The van der Waals surface area contributed by atoms with Gasteiger partial charge in [0, 0.05) is 18.5 Å². The standard InChI is InChI=1S/C24H27F2N5O2/c25-24(26)13-12-18(16-21(24)32)5-1-2-9-20-10-11-22(33)31(20)14-4-7-17-6-3-8-19(15-17)23-27-29-30-28-23/h2-3,6,8-9,12-13,15-16,20-21,32H,1,4-5,7,10-11,14H2,(H,27,28,29,30)/b9-2+/t20-,21?/m0/s1. The second-order valence-corrected chi connectivity index (χ2v) is 8.39. The number of tetrazole rings is 1. The molecule has 0 bridgehead atoms. The summed E-state index contributed by atoms with van der Waals surface area (Å²) in [4.78, 5) is 14.3. The van der Waals surface area contributed by atoms with Gasteiger partial charge in [-0.05, 0) is 66.7 Å². The molecule has 2 aromatic rings. The number of aryl methyl sites for hydroxylation is 1. The first kappa shape index (κ1) is 23.0. The fraction of sp³-hybridized carbons (Fsp3) is 0.417. The summed E-state index contributed by atoms with van der Waals surface area (Å²) < 4.78 is 26.6. The molecule has 1 unspecified atom stereocenters. The van der Waals surface area contributed by atoms with E-state index in [9.17, 15) is 18.7 Å². The first-order chi connectivity index (χ1) is 15.9. The molecule has 1 aromatic heterocycles. The van der Waals surface area contributed by atoms with Crippen molar-refractivity contribution in [3.63, 3.8) is 0 Å². The van der Waals surface area contributed by atoms with E-state index < -0.39 is 12.0 Å². The molecule has 1 aliphatic carbocycles. The Bertz CT molecular complexity index is 1050. The lowest BCUT2D eigenvalue weighted by atomic mass is 9.98. The van der Waals surface area contributed by atoms with Gasteiger partial charge in [0.1, 0.15) is 6.10 Å². The van der Waals surface area contributed by atoms with E-state index in [1.807, 2.05) is 41.3 Å². The molecule has 7 nitrogen and oxygen atoms in total. The second-order valence-electron chi connectivity index (χ2n) is 8.39. The lowest BCUT2D eigenvalue weighted by Crippen LogP contribution is -2.32. The molecule has 1 saturated heterocycles. The first-order valence-electron chi connectivity index (χ1n) is 11.2. The Hall–Kier alpha value is -3.20. The zero-order chi connectivity index (χ0) is 23.3. The Morgan fingerprint density at radius 3 is 2.97 bits per heavy atom. The Morgan fingerprint density at radius 2 is 2.18 bits per heavy atom. The maximum absolute atomic E-state index is 13.3. The predicted molar refractivity (Wildman–Crippen MR) is 119 cm³/mol. The van der Waals surface area contributed by atoms with Crippen molar-refractivity contribution >= 4 is 5.91 Å². The van der Waals surface area contributed by atoms with E-state index >= 15 is 0 Å². The minimum absolute atomic E-state index is 0.0639. The van der Waals surface area contributed by atoms with Crippen LogP contribution in [0.1, 0.15) is 37.7 Å².